The van der Waals surface area contributed by atoms with E-state index < -0.39 is 0 Å². The molecule has 0 atom stereocenters. The zero-order chi connectivity index (χ0) is 13.5. The number of likely N-dealkylation sites (N-methyl/N-ethyl adjacent to an activating group) is 1. The van der Waals surface area contributed by atoms with Crippen molar-refractivity contribution >= 4 is 23.2 Å². The molecule has 0 heterocycles. The quantitative estimate of drug-likeness (QED) is 0.776. The Morgan fingerprint density at radius 1 is 1.50 bits per heavy atom. The van der Waals surface area contributed by atoms with Crippen LogP contribution in [-0.2, 0) is 11.3 Å². The van der Waals surface area contributed by atoms with E-state index in [0.29, 0.717) is 23.8 Å². The summed E-state index contributed by atoms with van der Waals surface area (Å²) in [5, 5.41) is 3.47. The predicted octanol–water partition coefficient (Wildman–Crippen LogP) is 1.88. The number of carbonyl (C=O) groups excluding carboxylic acids is 1. The van der Waals surface area contributed by atoms with Crippen LogP contribution in [0.1, 0.15) is 18.9 Å². The molecule has 0 saturated carbocycles. The Bertz CT molecular complexity index is 409. The van der Waals surface area contributed by atoms with Crippen LogP contribution in [0.15, 0.2) is 18.2 Å². The molecule has 1 rings (SSSR count). The van der Waals surface area contributed by atoms with Crippen molar-refractivity contribution in [3.05, 3.63) is 28.8 Å². The summed E-state index contributed by atoms with van der Waals surface area (Å²) in [5.41, 5.74) is 7.25. The summed E-state index contributed by atoms with van der Waals surface area (Å²) < 4.78 is 0. The topological polar surface area (TPSA) is 58.4 Å². The Kier molecular flexibility index (Phi) is 5.95. The molecule has 0 unspecified atom stereocenters. The van der Waals surface area contributed by atoms with Gasteiger partial charge in [-0.05, 0) is 31.2 Å². The molecule has 1 amide bonds. The summed E-state index contributed by atoms with van der Waals surface area (Å²) in [6.07, 6.45) is 0.944. The van der Waals surface area contributed by atoms with E-state index in [-0.39, 0.29) is 5.91 Å². The smallest absolute Gasteiger partial charge is 0.234 e. The SMILES string of the molecule is CCCNC(=O)CN(C)Cc1ccc(N)cc1Cl. The zero-order valence-electron chi connectivity index (χ0n) is 10.9. The number of benzene rings is 1. The first kappa shape index (κ1) is 14.8. The molecular weight excluding hydrogens is 250 g/mol. The lowest BCUT2D eigenvalue weighted by Crippen LogP contribution is -2.35. The molecule has 0 radical (unpaired) electrons. The van der Waals surface area contributed by atoms with Crippen molar-refractivity contribution in [1.29, 1.82) is 0 Å². The third-order valence-corrected chi connectivity index (χ3v) is 2.85. The van der Waals surface area contributed by atoms with E-state index in [1.165, 1.54) is 0 Å². The Morgan fingerprint density at radius 2 is 2.22 bits per heavy atom. The largest absolute Gasteiger partial charge is 0.399 e. The number of nitrogens with two attached hydrogens (primary N) is 1. The highest BCUT2D eigenvalue weighted by molar-refractivity contribution is 6.31. The van der Waals surface area contributed by atoms with Crippen LogP contribution in [0.25, 0.3) is 0 Å². The molecule has 1 aromatic carbocycles. The Hall–Kier alpha value is -1.26. The molecule has 1 aromatic rings. The van der Waals surface area contributed by atoms with E-state index in [2.05, 4.69) is 5.32 Å². The maximum absolute atomic E-state index is 11.5. The molecule has 4 nitrogen and oxygen atoms in total. The van der Waals surface area contributed by atoms with Gasteiger partial charge in [-0.25, -0.2) is 0 Å². The molecule has 18 heavy (non-hydrogen) atoms. The number of amides is 1. The van der Waals surface area contributed by atoms with E-state index in [1.807, 2.05) is 31.0 Å². The fraction of sp³-hybridized carbons (Fsp3) is 0.462. The standard InChI is InChI=1S/C13H20ClN3O/c1-3-6-16-13(18)9-17(2)8-10-4-5-11(15)7-12(10)14/h4-5,7H,3,6,8-9,15H2,1-2H3,(H,16,18). The van der Waals surface area contributed by atoms with Crippen LogP contribution in [0.5, 0.6) is 0 Å². The van der Waals surface area contributed by atoms with Crippen LogP contribution in [0.4, 0.5) is 5.69 Å². The second kappa shape index (κ2) is 7.24. The third kappa shape index (κ3) is 4.94. The summed E-state index contributed by atoms with van der Waals surface area (Å²) in [6, 6.07) is 5.42. The number of nitrogens with zero attached hydrogens (tertiary/aromatic N) is 1. The number of nitrogen functional groups attached to an aromatic ring is 1. The van der Waals surface area contributed by atoms with Crippen LogP contribution >= 0.6 is 11.6 Å². The van der Waals surface area contributed by atoms with E-state index >= 15 is 0 Å². The molecule has 100 valence electrons. The maximum atomic E-state index is 11.5. The molecule has 0 aliphatic rings. The summed E-state index contributed by atoms with van der Waals surface area (Å²) in [5.74, 6) is 0.0333. The number of rotatable bonds is 6. The highest BCUT2D eigenvalue weighted by Gasteiger charge is 2.08. The minimum Gasteiger partial charge on any atom is -0.399 e. The second-order valence-corrected chi connectivity index (χ2v) is 4.78. The lowest BCUT2D eigenvalue weighted by molar-refractivity contribution is -0.122. The number of carbonyl (C=O) groups is 1. The Balaban J connectivity index is 2.48. The van der Waals surface area contributed by atoms with Gasteiger partial charge in [0.15, 0.2) is 0 Å². The van der Waals surface area contributed by atoms with Crippen LogP contribution < -0.4 is 11.1 Å². The molecule has 0 fully saturated rings. The van der Waals surface area contributed by atoms with Gasteiger partial charge < -0.3 is 11.1 Å². The number of nitrogens with one attached hydrogen (secondary N) is 1. The van der Waals surface area contributed by atoms with Crippen molar-refractivity contribution in [2.45, 2.75) is 19.9 Å². The van der Waals surface area contributed by atoms with Crippen LogP contribution in [0, 0.1) is 0 Å². The number of hydrogen-bond acceptors (Lipinski definition) is 3. The fourth-order valence-corrected chi connectivity index (χ4v) is 1.85. The lowest BCUT2D eigenvalue weighted by atomic mass is 10.2. The average Bonchev–Trinajstić information content (AvgIpc) is 2.30. The highest BCUT2D eigenvalue weighted by atomic mass is 35.5. The van der Waals surface area contributed by atoms with Crippen LogP contribution in [0.3, 0.4) is 0 Å². The molecule has 0 aromatic heterocycles. The van der Waals surface area contributed by atoms with E-state index in [4.69, 9.17) is 17.3 Å². The predicted molar refractivity (Wildman–Crippen MR) is 75.5 cm³/mol. The first-order valence-corrected chi connectivity index (χ1v) is 6.40. The summed E-state index contributed by atoms with van der Waals surface area (Å²) in [6.45, 7) is 3.73. The fourth-order valence-electron chi connectivity index (χ4n) is 1.60. The van der Waals surface area contributed by atoms with Crippen molar-refractivity contribution in [1.82, 2.24) is 10.2 Å². The van der Waals surface area contributed by atoms with E-state index in [9.17, 15) is 4.79 Å². The summed E-state index contributed by atoms with van der Waals surface area (Å²) in [7, 11) is 1.89. The number of halogens is 1. The summed E-state index contributed by atoms with van der Waals surface area (Å²) >= 11 is 6.09. The highest BCUT2D eigenvalue weighted by Crippen LogP contribution is 2.20. The third-order valence-electron chi connectivity index (χ3n) is 2.50. The summed E-state index contributed by atoms with van der Waals surface area (Å²) in [4.78, 5) is 13.5. The lowest BCUT2D eigenvalue weighted by Gasteiger charge is -2.17. The monoisotopic (exact) mass is 269 g/mol. The van der Waals surface area contributed by atoms with Crippen molar-refractivity contribution in [2.75, 3.05) is 25.9 Å². The molecule has 0 spiro atoms. The van der Waals surface area contributed by atoms with Gasteiger partial charge in [-0.3, -0.25) is 9.69 Å². The maximum Gasteiger partial charge on any atom is 0.234 e. The number of hydrogen-bond donors (Lipinski definition) is 2. The van der Waals surface area contributed by atoms with Gasteiger partial charge in [-0.2, -0.15) is 0 Å². The minimum absolute atomic E-state index is 0.0333. The first-order valence-electron chi connectivity index (χ1n) is 6.02. The van der Waals surface area contributed by atoms with Gasteiger partial charge in [0.1, 0.15) is 0 Å². The molecule has 5 heteroatoms. The van der Waals surface area contributed by atoms with Crippen molar-refractivity contribution in [2.24, 2.45) is 0 Å². The first-order chi connectivity index (χ1) is 8.52. The van der Waals surface area contributed by atoms with Crippen molar-refractivity contribution < 1.29 is 4.79 Å². The average molecular weight is 270 g/mol. The Labute approximate surface area is 113 Å². The minimum atomic E-state index is 0.0333. The second-order valence-electron chi connectivity index (χ2n) is 4.37. The molecule has 0 bridgehead atoms. The molecule has 3 N–H and O–H groups in total. The molecule has 0 aliphatic carbocycles. The van der Waals surface area contributed by atoms with Gasteiger partial charge in [0, 0.05) is 23.8 Å². The van der Waals surface area contributed by atoms with Gasteiger partial charge in [-0.15, -0.1) is 0 Å². The normalized spacial score (nSPS) is 10.7. The molecule has 0 saturated heterocycles. The van der Waals surface area contributed by atoms with Gasteiger partial charge >= 0.3 is 0 Å². The van der Waals surface area contributed by atoms with Gasteiger partial charge in [-0.1, -0.05) is 24.6 Å². The number of anilines is 1. The van der Waals surface area contributed by atoms with Crippen LogP contribution in [-0.4, -0.2) is 30.9 Å². The van der Waals surface area contributed by atoms with E-state index in [1.54, 1.807) is 6.07 Å². The van der Waals surface area contributed by atoms with Gasteiger partial charge in [0.25, 0.3) is 0 Å². The Morgan fingerprint density at radius 3 is 2.83 bits per heavy atom. The van der Waals surface area contributed by atoms with E-state index in [0.717, 1.165) is 18.5 Å². The van der Waals surface area contributed by atoms with Crippen LogP contribution in [0.2, 0.25) is 5.02 Å². The molecule has 0 aliphatic heterocycles. The van der Waals surface area contributed by atoms with Crippen molar-refractivity contribution in [3.8, 4) is 0 Å². The van der Waals surface area contributed by atoms with Gasteiger partial charge in [0.05, 0.1) is 6.54 Å². The molecular formula is C13H20ClN3O. The zero-order valence-corrected chi connectivity index (χ0v) is 11.6. The van der Waals surface area contributed by atoms with Gasteiger partial charge in [0.2, 0.25) is 5.91 Å². The van der Waals surface area contributed by atoms with Crippen molar-refractivity contribution in [3.63, 3.8) is 0 Å².